The van der Waals surface area contributed by atoms with E-state index in [1.807, 2.05) is 18.2 Å². The summed E-state index contributed by atoms with van der Waals surface area (Å²) in [5.41, 5.74) is 1.84. The predicted octanol–water partition coefficient (Wildman–Crippen LogP) is 1.27. The number of carboxylic acid groups (broad SMARTS) is 1. The molecule has 1 aromatic rings. The van der Waals surface area contributed by atoms with Gasteiger partial charge in [0.05, 0.1) is 6.54 Å². The van der Waals surface area contributed by atoms with Gasteiger partial charge in [-0.1, -0.05) is 28.1 Å². The highest BCUT2D eigenvalue weighted by Crippen LogP contribution is 2.29. The van der Waals surface area contributed by atoms with Gasteiger partial charge in [0.15, 0.2) is 0 Å². The van der Waals surface area contributed by atoms with Gasteiger partial charge in [0.2, 0.25) is 11.8 Å². The first-order valence-electron chi connectivity index (χ1n) is 6.81. The average molecular weight is 369 g/mol. The highest BCUT2D eigenvalue weighted by atomic mass is 79.9. The molecule has 2 rings (SSSR count). The molecule has 6 nitrogen and oxygen atoms in total. The van der Waals surface area contributed by atoms with Gasteiger partial charge >= 0.3 is 5.97 Å². The normalized spacial score (nSPS) is 16.9. The van der Waals surface area contributed by atoms with E-state index in [9.17, 15) is 19.5 Å². The summed E-state index contributed by atoms with van der Waals surface area (Å²) in [7, 11) is 1.52. The van der Waals surface area contributed by atoms with Gasteiger partial charge in [-0.25, -0.2) is 4.79 Å². The molecule has 0 spiro atoms. The zero-order valence-electron chi connectivity index (χ0n) is 12.4. The van der Waals surface area contributed by atoms with E-state index in [4.69, 9.17) is 0 Å². The standard InChI is InChI=1S/C15H17BrN2O4/c1-9(19)17(2)8-14(20)18-7-10-4-3-5-12(16)11(10)6-13(18)15(21)22/h3-5,13H,6-8H2,1-2H3,(H,21,22). The Labute approximate surface area is 136 Å². The second-order valence-corrected chi connectivity index (χ2v) is 6.19. The number of likely N-dealkylation sites (N-methyl/N-ethyl adjacent to an activating group) is 1. The summed E-state index contributed by atoms with van der Waals surface area (Å²) in [5.74, 6) is -1.64. The lowest BCUT2D eigenvalue weighted by molar-refractivity contribution is -0.152. The fraction of sp³-hybridized carbons (Fsp3) is 0.400. The number of fused-ring (bicyclic) bond motifs is 1. The van der Waals surface area contributed by atoms with Crippen molar-refractivity contribution in [2.24, 2.45) is 0 Å². The molecule has 1 atom stereocenters. The molecule has 1 N–H and O–H groups in total. The molecule has 118 valence electrons. The molecule has 0 fully saturated rings. The molecule has 1 aliphatic rings. The quantitative estimate of drug-likeness (QED) is 0.871. The van der Waals surface area contributed by atoms with E-state index < -0.39 is 12.0 Å². The van der Waals surface area contributed by atoms with Crippen molar-refractivity contribution in [1.29, 1.82) is 0 Å². The van der Waals surface area contributed by atoms with Crippen molar-refractivity contribution in [1.82, 2.24) is 9.80 Å². The van der Waals surface area contributed by atoms with Gasteiger partial charge in [-0.15, -0.1) is 0 Å². The number of halogens is 1. The molecule has 1 aromatic carbocycles. The summed E-state index contributed by atoms with van der Waals surface area (Å²) in [5, 5.41) is 9.43. The van der Waals surface area contributed by atoms with Crippen LogP contribution in [0.4, 0.5) is 0 Å². The maximum atomic E-state index is 12.4. The first-order valence-corrected chi connectivity index (χ1v) is 7.60. The minimum atomic E-state index is -1.04. The van der Waals surface area contributed by atoms with Crippen LogP contribution in [0.15, 0.2) is 22.7 Å². The summed E-state index contributed by atoms with van der Waals surface area (Å²) in [6, 6.07) is 4.68. The Kier molecular flexibility index (Phi) is 4.85. The van der Waals surface area contributed by atoms with Crippen molar-refractivity contribution >= 4 is 33.7 Å². The van der Waals surface area contributed by atoms with Crippen LogP contribution >= 0.6 is 15.9 Å². The third-order valence-corrected chi connectivity index (χ3v) is 4.59. The van der Waals surface area contributed by atoms with Crippen molar-refractivity contribution in [3.05, 3.63) is 33.8 Å². The third kappa shape index (κ3) is 3.30. The van der Waals surface area contributed by atoms with E-state index in [1.54, 1.807) is 0 Å². The number of amides is 2. The number of carbonyl (C=O) groups is 3. The van der Waals surface area contributed by atoms with E-state index in [2.05, 4.69) is 15.9 Å². The Hall–Kier alpha value is -1.89. The molecular formula is C15H17BrN2O4. The second-order valence-electron chi connectivity index (χ2n) is 5.33. The predicted molar refractivity (Wildman–Crippen MR) is 83.1 cm³/mol. The molecule has 0 aromatic heterocycles. The molecule has 0 aliphatic carbocycles. The van der Waals surface area contributed by atoms with E-state index in [0.29, 0.717) is 0 Å². The summed E-state index contributed by atoms with van der Waals surface area (Å²) in [4.78, 5) is 37.8. The second kappa shape index (κ2) is 6.48. The lowest BCUT2D eigenvalue weighted by Crippen LogP contribution is -2.51. The van der Waals surface area contributed by atoms with E-state index >= 15 is 0 Å². The number of aliphatic carboxylic acids is 1. The maximum absolute atomic E-state index is 12.4. The van der Waals surface area contributed by atoms with Crippen LogP contribution in [0.2, 0.25) is 0 Å². The van der Waals surface area contributed by atoms with Crippen LogP contribution in [0.25, 0.3) is 0 Å². The molecule has 22 heavy (non-hydrogen) atoms. The molecule has 0 saturated carbocycles. The zero-order valence-corrected chi connectivity index (χ0v) is 14.0. The minimum absolute atomic E-state index is 0.123. The number of hydrogen-bond acceptors (Lipinski definition) is 3. The van der Waals surface area contributed by atoms with Crippen molar-refractivity contribution < 1.29 is 19.5 Å². The van der Waals surface area contributed by atoms with E-state index in [1.165, 1.54) is 23.8 Å². The SMILES string of the molecule is CC(=O)N(C)CC(=O)N1Cc2cccc(Br)c2CC1C(=O)O. The van der Waals surface area contributed by atoms with Crippen LogP contribution in [0.1, 0.15) is 18.1 Å². The summed E-state index contributed by atoms with van der Waals surface area (Å²) in [6.45, 7) is 1.48. The molecule has 0 saturated heterocycles. The number of nitrogens with zero attached hydrogens (tertiary/aromatic N) is 2. The Bertz CT molecular complexity index is 632. The Morgan fingerprint density at radius 2 is 2.09 bits per heavy atom. The number of rotatable bonds is 3. The molecule has 7 heteroatoms. The number of carbonyl (C=O) groups excluding carboxylic acids is 2. The Morgan fingerprint density at radius 1 is 1.41 bits per heavy atom. The Balaban J connectivity index is 2.28. The first-order chi connectivity index (χ1) is 10.3. The topological polar surface area (TPSA) is 77.9 Å². The van der Waals surface area contributed by atoms with Crippen LogP contribution in [0, 0.1) is 0 Å². The fourth-order valence-corrected chi connectivity index (χ4v) is 3.03. The van der Waals surface area contributed by atoms with Crippen LogP contribution in [-0.4, -0.2) is 52.3 Å². The van der Waals surface area contributed by atoms with Gasteiger partial charge in [-0.2, -0.15) is 0 Å². The van der Waals surface area contributed by atoms with Gasteiger partial charge in [0, 0.05) is 31.4 Å². The van der Waals surface area contributed by atoms with Crippen molar-refractivity contribution in [3.63, 3.8) is 0 Å². The van der Waals surface area contributed by atoms with Gasteiger partial charge < -0.3 is 14.9 Å². The number of benzene rings is 1. The van der Waals surface area contributed by atoms with Gasteiger partial charge in [0.1, 0.15) is 6.04 Å². The molecule has 1 heterocycles. The zero-order chi connectivity index (χ0) is 16.4. The van der Waals surface area contributed by atoms with Crippen molar-refractivity contribution in [2.75, 3.05) is 13.6 Å². The summed E-state index contributed by atoms with van der Waals surface area (Å²) >= 11 is 3.43. The largest absolute Gasteiger partial charge is 0.480 e. The lowest BCUT2D eigenvalue weighted by Gasteiger charge is -2.35. The van der Waals surface area contributed by atoms with Gasteiger partial charge in [0.25, 0.3) is 0 Å². The van der Waals surface area contributed by atoms with Gasteiger partial charge in [-0.3, -0.25) is 9.59 Å². The highest BCUT2D eigenvalue weighted by molar-refractivity contribution is 9.10. The molecule has 0 radical (unpaired) electrons. The fourth-order valence-electron chi connectivity index (χ4n) is 2.46. The molecule has 0 bridgehead atoms. The summed E-state index contributed by atoms with van der Waals surface area (Å²) < 4.78 is 0.851. The number of carboxylic acids is 1. The molecule has 2 amide bonds. The average Bonchev–Trinajstić information content (AvgIpc) is 2.46. The monoisotopic (exact) mass is 368 g/mol. The van der Waals surface area contributed by atoms with Crippen LogP contribution in [0.3, 0.4) is 0 Å². The van der Waals surface area contributed by atoms with E-state index in [-0.39, 0.29) is 31.3 Å². The van der Waals surface area contributed by atoms with Crippen LogP contribution < -0.4 is 0 Å². The first kappa shape index (κ1) is 16.5. The third-order valence-electron chi connectivity index (χ3n) is 3.85. The minimum Gasteiger partial charge on any atom is -0.480 e. The molecule has 1 unspecified atom stereocenters. The molecule has 1 aliphatic heterocycles. The highest BCUT2D eigenvalue weighted by Gasteiger charge is 2.35. The number of hydrogen-bond donors (Lipinski definition) is 1. The van der Waals surface area contributed by atoms with Crippen molar-refractivity contribution in [2.45, 2.75) is 25.9 Å². The van der Waals surface area contributed by atoms with Crippen LogP contribution in [0.5, 0.6) is 0 Å². The lowest BCUT2D eigenvalue weighted by atomic mass is 9.94. The maximum Gasteiger partial charge on any atom is 0.326 e. The van der Waals surface area contributed by atoms with Crippen LogP contribution in [-0.2, 0) is 27.3 Å². The van der Waals surface area contributed by atoms with Crippen molar-refractivity contribution in [3.8, 4) is 0 Å². The van der Waals surface area contributed by atoms with E-state index in [0.717, 1.165) is 15.6 Å². The smallest absolute Gasteiger partial charge is 0.326 e. The molecular weight excluding hydrogens is 352 g/mol. The van der Waals surface area contributed by atoms with Gasteiger partial charge in [-0.05, 0) is 17.2 Å². The Morgan fingerprint density at radius 3 is 2.68 bits per heavy atom. The summed E-state index contributed by atoms with van der Waals surface area (Å²) in [6.07, 6.45) is 0.252.